The van der Waals surface area contributed by atoms with Crippen LogP contribution in [0.3, 0.4) is 0 Å². The summed E-state index contributed by atoms with van der Waals surface area (Å²) in [7, 11) is 0. The van der Waals surface area contributed by atoms with Gasteiger partial charge in [-0.25, -0.2) is 24.6 Å². The number of hydrogen-bond acceptors (Lipinski definition) is 9. The van der Waals surface area contributed by atoms with Crippen LogP contribution in [0.4, 0.5) is 31.3 Å². The van der Waals surface area contributed by atoms with E-state index < -0.39 is 29.2 Å². The number of carbonyl (C=O) groups is 1. The fraction of sp³-hybridized carbons (Fsp3) is 0.500. The Kier molecular flexibility index (Phi) is 7.11. The molecule has 0 radical (unpaired) electrons. The maximum atomic E-state index is 13.5. The van der Waals surface area contributed by atoms with E-state index in [1.54, 1.807) is 23.6 Å². The molecule has 0 spiro atoms. The molecule has 4 rings (SSSR count). The van der Waals surface area contributed by atoms with Crippen molar-refractivity contribution < 1.29 is 36.2 Å². The van der Waals surface area contributed by atoms with Crippen LogP contribution >= 0.6 is 11.3 Å². The molecular formula is C20H20F6N8O2S. The molecule has 37 heavy (non-hydrogen) atoms. The topological polar surface area (TPSA) is 113 Å². The third-order valence-corrected chi connectivity index (χ3v) is 6.75. The lowest BCUT2D eigenvalue weighted by molar-refractivity contribution is -0.145. The molecular weight excluding hydrogens is 530 g/mol. The zero-order valence-corrected chi connectivity index (χ0v) is 20.2. The summed E-state index contributed by atoms with van der Waals surface area (Å²) < 4.78 is 80.2. The Morgan fingerprint density at radius 2 is 1.78 bits per heavy atom. The molecule has 1 amide bonds. The first-order chi connectivity index (χ1) is 17.3. The van der Waals surface area contributed by atoms with E-state index in [0.717, 1.165) is 12.4 Å². The average Bonchev–Trinajstić information content (AvgIpc) is 3.42. The minimum Gasteiger partial charge on any atom is -0.388 e. The van der Waals surface area contributed by atoms with Gasteiger partial charge in [-0.3, -0.25) is 4.79 Å². The molecule has 0 aromatic carbocycles. The van der Waals surface area contributed by atoms with E-state index >= 15 is 0 Å². The lowest BCUT2D eigenvalue weighted by atomic mass is 10.1. The number of anilines is 1. The van der Waals surface area contributed by atoms with E-state index in [2.05, 4.69) is 25.0 Å². The molecule has 0 saturated carbocycles. The Hall–Kier alpha value is -3.34. The summed E-state index contributed by atoms with van der Waals surface area (Å²) in [4.78, 5) is 30.2. The molecule has 1 fully saturated rings. The number of halogens is 6. The second-order valence-corrected chi connectivity index (χ2v) is 9.21. The highest BCUT2D eigenvalue weighted by Gasteiger charge is 2.39. The molecule has 17 heteroatoms. The summed E-state index contributed by atoms with van der Waals surface area (Å²) in [6, 6.07) is -0.421. The Morgan fingerprint density at radius 3 is 2.32 bits per heavy atom. The van der Waals surface area contributed by atoms with Crippen molar-refractivity contribution in [3.8, 4) is 11.3 Å². The van der Waals surface area contributed by atoms with Crippen LogP contribution < -0.4 is 4.90 Å². The normalized spacial score (nSPS) is 16.9. The summed E-state index contributed by atoms with van der Waals surface area (Å²) in [5.74, 6) is -1.09. The van der Waals surface area contributed by atoms with Crippen LogP contribution in [0.25, 0.3) is 11.3 Å². The van der Waals surface area contributed by atoms with Gasteiger partial charge in [0.2, 0.25) is 16.7 Å². The Bertz CT molecular complexity index is 1270. The van der Waals surface area contributed by atoms with Crippen LogP contribution in [0.1, 0.15) is 29.4 Å². The van der Waals surface area contributed by atoms with E-state index in [0.29, 0.717) is 17.2 Å². The number of aryl methyl sites for hydroxylation is 1. The first-order valence-corrected chi connectivity index (χ1v) is 11.6. The molecule has 0 aliphatic carbocycles. The van der Waals surface area contributed by atoms with Gasteiger partial charge in [0.25, 0.3) is 0 Å². The maximum Gasteiger partial charge on any atom is 0.451 e. The Morgan fingerprint density at radius 1 is 1.11 bits per heavy atom. The third kappa shape index (κ3) is 5.66. The number of aromatic nitrogens is 6. The van der Waals surface area contributed by atoms with Crippen LogP contribution in [0.5, 0.6) is 0 Å². The molecule has 4 heterocycles. The van der Waals surface area contributed by atoms with Crippen molar-refractivity contribution in [3.05, 3.63) is 34.9 Å². The molecule has 3 aromatic rings. The van der Waals surface area contributed by atoms with Crippen LogP contribution in [0.2, 0.25) is 0 Å². The number of nitrogens with zero attached hydrogens (tertiary/aromatic N) is 8. The molecule has 10 nitrogen and oxygen atoms in total. The zero-order chi connectivity index (χ0) is 27.1. The minimum absolute atomic E-state index is 0.0920. The lowest BCUT2D eigenvalue weighted by Gasteiger charge is -2.40. The minimum atomic E-state index is -4.80. The first kappa shape index (κ1) is 26.7. The van der Waals surface area contributed by atoms with Crippen molar-refractivity contribution in [2.45, 2.75) is 45.4 Å². The Labute approximate surface area is 209 Å². The van der Waals surface area contributed by atoms with Crippen molar-refractivity contribution in [1.82, 2.24) is 34.6 Å². The summed E-state index contributed by atoms with van der Waals surface area (Å²) >= 11 is 0.362. The number of hydrogen-bond donors (Lipinski definition) is 1. The molecule has 1 aliphatic rings. The Balaban J connectivity index is 1.56. The van der Waals surface area contributed by atoms with Gasteiger partial charge in [0.1, 0.15) is 29.7 Å². The molecule has 1 atom stereocenters. The number of alkyl halides is 6. The van der Waals surface area contributed by atoms with E-state index in [-0.39, 0.29) is 60.8 Å². The zero-order valence-electron chi connectivity index (χ0n) is 19.4. The highest BCUT2D eigenvalue weighted by Crippen LogP contribution is 2.43. The smallest absolute Gasteiger partial charge is 0.388 e. The van der Waals surface area contributed by atoms with Crippen molar-refractivity contribution >= 4 is 22.2 Å². The fourth-order valence-corrected chi connectivity index (χ4v) is 4.85. The highest BCUT2D eigenvalue weighted by atomic mass is 32.1. The predicted molar refractivity (Wildman–Crippen MR) is 117 cm³/mol. The second-order valence-electron chi connectivity index (χ2n) is 8.24. The van der Waals surface area contributed by atoms with Crippen LogP contribution in [-0.2, 0) is 30.3 Å². The van der Waals surface area contributed by atoms with Gasteiger partial charge in [0.05, 0.1) is 0 Å². The van der Waals surface area contributed by atoms with Crippen molar-refractivity contribution in [2.75, 3.05) is 24.5 Å². The van der Waals surface area contributed by atoms with E-state index in [1.165, 1.54) is 4.68 Å². The molecule has 3 aromatic heterocycles. The van der Waals surface area contributed by atoms with Gasteiger partial charge in [-0.05, 0) is 13.8 Å². The van der Waals surface area contributed by atoms with Gasteiger partial charge in [0, 0.05) is 43.6 Å². The highest BCUT2D eigenvalue weighted by molar-refractivity contribution is 7.16. The van der Waals surface area contributed by atoms with E-state index in [1.807, 2.05) is 0 Å². The molecule has 0 unspecified atom stereocenters. The number of amides is 1. The summed E-state index contributed by atoms with van der Waals surface area (Å²) in [6.07, 6.45) is -7.99. The number of thiazole rings is 1. The third-order valence-electron chi connectivity index (χ3n) is 5.59. The second kappa shape index (κ2) is 9.85. The van der Waals surface area contributed by atoms with Crippen LogP contribution in [0, 0.1) is 6.92 Å². The largest absolute Gasteiger partial charge is 0.451 e. The quantitative estimate of drug-likeness (QED) is 0.483. The summed E-state index contributed by atoms with van der Waals surface area (Å²) in [6.45, 7) is 3.33. The molecule has 200 valence electrons. The van der Waals surface area contributed by atoms with Gasteiger partial charge in [-0.15, -0.1) is 0 Å². The van der Waals surface area contributed by atoms with Gasteiger partial charge >= 0.3 is 12.4 Å². The van der Waals surface area contributed by atoms with Gasteiger partial charge < -0.3 is 14.9 Å². The van der Waals surface area contributed by atoms with Gasteiger partial charge in [-0.2, -0.15) is 31.4 Å². The fourth-order valence-electron chi connectivity index (χ4n) is 3.86. The van der Waals surface area contributed by atoms with Crippen molar-refractivity contribution in [3.63, 3.8) is 0 Å². The number of piperazine rings is 1. The SMILES string of the molecule is Cc1nc(CO)nn1CC(=O)N1CCN(c2sc(C(F)(F)F)nc2-c2cnc(C(F)(F)F)nc2)C[C@H]1C. The molecule has 0 bridgehead atoms. The molecule has 1 saturated heterocycles. The average molecular weight is 550 g/mol. The van der Waals surface area contributed by atoms with Gasteiger partial charge in [-0.1, -0.05) is 11.3 Å². The lowest BCUT2D eigenvalue weighted by Crippen LogP contribution is -2.54. The number of aliphatic hydroxyl groups excluding tert-OH is 1. The maximum absolute atomic E-state index is 13.5. The van der Waals surface area contributed by atoms with Crippen molar-refractivity contribution in [1.29, 1.82) is 0 Å². The van der Waals surface area contributed by atoms with E-state index in [4.69, 9.17) is 0 Å². The standard InChI is InChI=1S/C20H20F6N8O2S/c1-10-7-32(3-4-33(10)14(36)8-34-11(2)29-13(9-35)31-34)16-15(30-18(37-16)20(24,25)26)12-5-27-17(28-6-12)19(21,22)23/h5-6,10,35H,3-4,7-9H2,1-2H3/t10-/m1/s1. The first-order valence-electron chi connectivity index (χ1n) is 10.8. The predicted octanol–water partition coefficient (Wildman–Crippen LogP) is 2.77. The summed E-state index contributed by atoms with van der Waals surface area (Å²) in [5.41, 5.74) is -0.282. The summed E-state index contributed by atoms with van der Waals surface area (Å²) in [5, 5.41) is 12.1. The molecule has 1 N–H and O–H groups in total. The number of carbonyl (C=O) groups excluding carboxylic acids is 1. The van der Waals surface area contributed by atoms with Crippen LogP contribution in [-0.4, -0.2) is 71.3 Å². The van der Waals surface area contributed by atoms with E-state index in [9.17, 15) is 36.2 Å². The van der Waals surface area contributed by atoms with Crippen LogP contribution in [0.15, 0.2) is 12.4 Å². The monoisotopic (exact) mass is 550 g/mol. The van der Waals surface area contributed by atoms with Gasteiger partial charge in [0.15, 0.2) is 5.82 Å². The number of rotatable bonds is 5. The molecule has 1 aliphatic heterocycles. The number of aliphatic hydroxyl groups is 1. The van der Waals surface area contributed by atoms with Crippen molar-refractivity contribution in [2.24, 2.45) is 0 Å².